The van der Waals surface area contributed by atoms with Gasteiger partial charge in [0.05, 0.1) is 5.60 Å². The smallest absolute Gasteiger partial charge is 0.0826 e. The highest BCUT2D eigenvalue weighted by atomic mass is 16.3. The first kappa shape index (κ1) is 12.3. The minimum Gasteiger partial charge on any atom is -0.388 e. The van der Waals surface area contributed by atoms with Crippen molar-refractivity contribution in [3.05, 3.63) is 0 Å². The van der Waals surface area contributed by atoms with E-state index >= 15 is 0 Å². The van der Waals surface area contributed by atoms with E-state index in [1.54, 1.807) is 0 Å². The Kier molecular flexibility index (Phi) is 3.88. The van der Waals surface area contributed by atoms with Crippen LogP contribution in [0.2, 0.25) is 0 Å². The first-order valence-electron chi connectivity index (χ1n) is 6.78. The van der Waals surface area contributed by atoms with Crippen LogP contribution in [0.4, 0.5) is 0 Å². The molecule has 94 valence electrons. The lowest BCUT2D eigenvalue weighted by Crippen LogP contribution is -2.58. The van der Waals surface area contributed by atoms with E-state index in [0.717, 1.165) is 32.4 Å². The third-order valence-electron chi connectivity index (χ3n) is 4.51. The summed E-state index contributed by atoms with van der Waals surface area (Å²) in [5.41, 5.74) is -0.462. The molecule has 0 bridgehead atoms. The lowest BCUT2D eigenvalue weighted by Gasteiger charge is -2.45. The molecular weight excluding hydrogens is 200 g/mol. The normalized spacial score (nSPS) is 42.9. The molecule has 2 aliphatic rings. The molecule has 0 aromatic heterocycles. The van der Waals surface area contributed by atoms with Crippen molar-refractivity contribution < 1.29 is 5.11 Å². The molecule has 0 aliphatic carbocycles. The van der Waals surface area contributed by atoms with Gasteiger partial charge in [0.15, 0.2) is 0 Å². The standard InChI is InChI=1S/C13H26N2O/c1-11-10-13(16,7-9-15(11)2)12-6-4-3-5-8-14-12/h11-12,14,16H,3-10H2,1-2H3. The van der Waals surface area contributed by atoms with Gasteiger partial charge in [-0.1, -0.05) is 12.8 Å². The van der Waals surface area contributed by atoms with Gasteiger partial charge < -0.3 is 15.3 Å². The van der Waals surface area contributed by atoms with Crippen LogP contribution >= 0.6 is 0 Å². The average Bonchev–Trinajstić information content (AvgIpc) is 2.53. The summed E-state index contributed by atoms with van der Waals surface area (Å²) in [5.74, 6) is 0. The number of hydrogen-bond donors (Lipinski definition) is 2. The summed E-state index contributed by atoms with van der Waals surface area (Å²) < 4.78 is 0. The summed E-state index contributed by atoms with van der Waals surface area (Å²) in [5, 5.41) is 14.4. The zero-order valence-corrected chi connectivity index (χ0v) is 10.7. The predicted octanol–water partition coefficient (Wildman–Crippen LogP) is 1.36. The quantitative estimate of drug-likeness (QED) is 0.709. The summed E-state index contributed by atoms with van der Waals surface area (Å²) in [6, 6.07) is 0.829. The molecule has 2 rings (SSSR count). The molecule has 2 N–H and O–H groups in total. The number of piperidine rings is 1. The second-order valence-corrected chi connectivity index (χ2v) is 5.74. The summed E-state index contributed by atoms with van der Waals surface area (Å²) in [6.45, 7) is 4.33. The second kappa shape index (κ2) is 5.03. The lowest BCUT2D eigenvalue weighted by atomic mass is 9.79. The number of rotatable bonds is 1. The van der Waals surface area contributed by atoms with E-state index in [4.69, 9.17) is 0 Å². The highest BCUT2D eigenvalue weighted by Crippen LogP contribution is 2.32. The van der Waals surface area contributed by atoms with Crippen molar-refractivity contribution in [2.75, 3.05) is 20.1 Å². The van der Waals surface area contributed by atoms with Gasteiger partial charge in [0, 0.05) is 18.6 Å². The molecule has 0 radical (unpaired) electrons. The highest BCUT2D eigenvalue weighted by molar-refractivity contribution is 4.98. The van der Waals surface area contributed by atoms with Crippen molar-refractivity contribution >= 4 is 0 Å². The van der Waals surface area contributed by atoms with Crippen LogP contribution in [0, 0.1) is 0 Å². The summed E-state index contributed by atoms with van der Waals surface area (Å²) in [6.07, 6.45) is 6.83. The first-order chi connectivity index (χ1) is 7.62. The maximum atomic E-state index is 10.8. The van der Waals surface area contributed by atoms with Crippen LogP contribution in [0.1, 0.15) is 45.4 Å². The van der Waals surface area contributed by atoms with E-state index < -0.39 is 5.60 Å². The van der Waals surface area contributed by atoms with E-state index in [1.807, 2.05) is 0 Å². The second-order valence-electron chi connectivity index (χ2n) is 5.74. The van der Waals surface area contributed by atoms with E-state index in [-0.39, 0.29) is 0 Å². The van der Waals surface area contributed by atoms with Gasteiger partial charge in [-0.05, 0) is 46.2 Å². The molecule has 2 aliphatic heterocycles. The van der Waals surface area contributed by atoms with Crippen molar-refractivity contribution in [1.29, 1.82) is 0 Å². The first-order valence-corrected chi connectivity index (χ1v) is 6.78. The molecule has 2 fully saturated rings. The molecule has 0 aromatic carbocycles. The Hall–Kier alpha value is -0.120. The van der Waals surface area contributed by atoms with Crippen molar-refractivity contribution in [2.24, 2.45) is 0 Å². The summed E-state index contributed by atoms with van der Waals surface area (Å²) >= 11 is 0. The van der Waals surface area contributed by atoms with Crippen molar-refractivity contribution in [3.63, 3.8) is 0 Å². The Morgan fingerprint density at radius 1 is 1.31 bits per heavy atom. The highest BCUT2D eigenvalue weighted by Gasteiger charge is 2.41. The number of nitrogens with one attached hydrogen (secondary N) is 1. The fourth-order valence-corrected chi connectivity index (χ4v) is 3.16. The zero-order valence-electron chi connectivity index (χ0n) is 10.7. The number of likely N-dealkylation sites (tertiary alicyclic amines) is 1. The van der Waals surface area contributed by atoms with Gasteiger partial charge >= 0.3 is 0 Å². The Morgan fingerprint density at radius 3 is 2.88 bits per heavy atom. The molecule has 0 aromatic rings. The molecule has 3 heteroatoms. The van der Waals surface area contributed by atoms with Crippen molar-refractivity contribution in [3.8, 4) is 0 Å². The number of aliphatic hydroxyl groups is 1. The SMILES string of the molecule is CC1CC(O)(C2CCCCCN2)CCN1C. The molecule has 0 spiro atoms. The maximum Gasteiger partial charge on any atom is 0.0826 e. The van der Waals surface area contributed by atoms with Gasteiger partial charge in [-0.3, -0.25) is 0 Å². The van der Waals surface area contributed by atoms with Crippen LogP contribution in [-0.2, 0) is 0 Å². The van der Waals surface area contributed by atoms with Gasteiger partial charge in [-0.25, -0.2) is 0 Å². The van der Waals surface area contributed by atoms with E-state index in [2.05, 4.69) is 24.2 Å². The molecule has 3 unspecified atom stereocenters. The molecule has 0 amide bonds. The van der Waals surface area contributed by atoms with Crippen LogP contribution in [0.25, 0.3) is 0 Å². The third-order valence-corrected chi connectivity index (χ3v) is 4.51. The molecule has 3 nitrogen and oxygen atoms in total. The fourth-order valence-electron chi connectivity index (χ4n) is 3.16. The number of nitrogens with zero attached hydrogens (tertiary/aromatic N) is 1. The van der Waals surface area contributed by atoms with Crippen molar-refractivity contribution in [2.45, 2.75) is 63.1 Å². The molecular formula is C13H26N2O. The summed E-state index contributed by atoms with van der Waals surface area (Å²) in [7, 11) is 2.16. The predicted molar refractivity (Wildman–Crippen MR) is 66.5 cm³/mol. The summed E-state index contributed by atoms with van der Waals surface area (Å²) in [4.78, 5) is 2.35. The Balaban J connectivity index is 2.00. The molecule has 16 heavy (non-hydrogen) atoms. The Morgan fingerprint density at radius 2 is 2.12 bits per heavy atom. The average molecular weight is 226 g/mol. The van der Waals surface area contributed by atoms with E-state index in [0.29, 0.717) is 12.1 Å². The molecule has 0 saturated carbocycles. The Labute approximate surface area is 99.2 Å². The van der Waals surface area contributed by atoms with Crippen LogP contribution in [0.15, 0.2) is 0 Å². The molecule has 2 heterocycles. The minimum atomic E-state index is -0.462. The van der Waals surface area contributed by atoms with Gasteiger partial charge in [-0.15, -0.1) is 0 Å². The van der Waals surface area contributed by atoms with Gasteiger partial charge in [0.25, 0.3) is 0 Å². The number of hydrogen-bond acceptors (Lipinski definition) is 3. The largest absolute Gasteiger partial charge is 0.388 e. The van der Waals surface area contributed by atoms with E-state index in [9.17, 15) is 5.11 Å². The lowest BCUT2D eigenvalue weighted by molar-refractivity contribution is -0.0638. The van der Waals surface area contributed by atoms with Crippen LogP contribution in [0.3, 0.4) is 0 Å². The van der Waals surface area contributed by atoms with Gasteiger partial charge in [-0.2, -0.15) is 0 Å². The topological polar surface area (TPSA) is 35.5 Å². The monoisotopic (exact) mass is 226 g/mol. The van der Waals surface area contributed by atoms with Gasteiger partial charge in [0.2, 0.25) is 0 Å². The van der Waals surface area contributed by atoms with E-state index in [1.165, 1.54) is 19.3 Å². The maximum absolute atomic E-state index is 10.8. The van der Waals surface area contributed by atoms with Crippen molar-refractivity contribution in [1.82, 2.24) is 10.2 Å². The Bertz CT molecular complexity index is 226. The minimum absolute atomic E-state index is 0.325. The third kappa shape index (κ3) is 2.58. The fraction of sp³-hybridized carbons (Fsp3) is 1.00. The molecule has 3 atom stereocenters. The van der Waals surface area contributed by atoms with Gasteiger partial charge in [0.1, 0.15) is 0 Å². The van der Waals surface area contributed by atoms with Crippen LogP contribution < -0.4 is 5.32 Å². The zero-order chi connectivity index (χ0) is 11.6. The van der Waals surface area contributed by atoms with Crippen LogP contribution in [0.5, 0.6) is 0 Å². The molecule has 2 saturated heterocycles. The van der Waals surface area contributed by atoms with Crippen LogP contribution in [-0.4, -0.2) is 47.8 Å².